The molecule has 0 aliphatic carbocycles. The van der Waals surface area contributed by atoms with Gasteiger partial charge in [-0.15, -0.1) is 10.2 Å². The van der Waals surface area contributed by atoms with Crippen LogP contribution in [0.5, 0.6) is 0 Å². The number of rotatable bonds is 1. The number of anilines is 1. The van der Waals surface area contributed by atoms with Crippen LogP contribution in [0.3, 0.4) is 0 Å². The van der Waals surface area contributed by atoms with Crippen molar-refractivity contribution >= 4 is 17.4 Å². The third-order valence-corrected chi connectivity index (χ3v) is 1.86. The van der Waals surface area contributed by atoms with E-state index in [9.17, 15) is 0 Å². The predicted octanol–water partition coefficient (Wildman–Crippen LogP) is 1.26. The average Bonchev–Trinajstić information content (AvgIpc) is 2.70. The molecule has 2 rings (SSSR count). The lowest BCUT2D eigenvalue weighted by Crippen LogP contribution is -1.99. The molecular weight excluding hydrogens is 162 g/mol. The van der Waals surface area contributed by atoms with Crippen LogP contribution in [-0.2, 0) is 0 Å². The van der Waals surface area contributed by atoms with E-state index in [4.69, 9.17) is 11.6 Å². The largest absolute Gasteiger partial charge is 0.351 e. The quantitative estimate of drug-likeness (QED) is 0.593. The van der Waals surface area contributed by atoms with E-state index in [2.05, 4.69) is 15.1 Å². The van der Waals surface area contributed by atoms with Gasteiger partial charge in [-0.2, -0.15) is 0 Å². The Kier molecular flexibility index (Phi) is 1.46. The third-order valence-electron chi connectivity index (χ3n) is 1.68. The second kappa shape index (κ2) is 2.34. The van der Waals surface area contributed by atoms with E-state index in [1.165, 1.54) is 0 Å². The molecule has 1 fully saturated rings. The molecule has 1 aromatic heterocycles. The number of halogens is 1. The summed E-state index contributed by atoms with van der Waals surface area (Å²) in [6.07, 6.45) is 0. The Morgan fingerprint density at radius 1 is 1.45 bits per heavy atom. The highest BCUT2D eigenvalue weighted by Crippen LogP contribution is 2.22. The first-order valence-electron chi connectivity index (χ1n) is 3.52. The smallest absolute Gasteiger partial charge is 0.154 e. The second-order valence-corrected chi connectivity index (χ2v) is 3.05. The fourth-order valence-corrected chi connectivity index (χ4v) is 1.22. The van der Waals surface area contributed by atoms with Gasteiger partial charge in [-0.25, -0.2) is 0 Å². The molecule has 0 spiro atoms. The van der Waals surface area contributed by atoms with Gasteiger partial charge in [0.25, 0.3) is 0 Å². The minimum Gasteiger partial charge on any atom is -0.351 e. The molecule has 0 atom stereocenters. The Balaban J connectivity index is 2.39. The SMILES string of the molecule is Cc1cc(Cl)nnc1N1CC1. The third kappa shape index (κ3) is 1.28. The molecule has 11 heavy (non-hydrogen) atoms. The van der Waals surface area contributed by atoms with Crippen LogP contribution in [0.25, 0.3) is 0 Å². The molecule has 0 amide bonds. The van der Waals surface area contributed by atoms with Gasteiger partial charge in [-0.05, 0) is 18.6 Å². The van der Waals surface area contributed by atoms with Gasteiger partial charge in [-0.1, -0.05) is 11.6 Å². The fourth-order valence-electron chi connectivity index (χ4n) is 1.02. The summed E-state index contributed by atoms with van der Waals surface area (Å²) in [7, 11) is 0. The van der Waals surface area contributed by atoms with Crippen molar-refractivity contribution in [2.75, 3.05) is 18.0 Å². The van der Waals surface area contributed by atoms with Crippen molar-refractivity contribution < 1.29 is 0 Å². The molecule has 1 saturated heterocycles. The molecular formula is C7H8ClN3. The van der Waals surface area contributed by atoms with Crippen molar-refractivity contribution in [1.82, 2.24) is 10.2 Å². The van der Waals surface area contributed by atoms with E-state index in [-0.39, 0.29) is 0 Å². The lowest BCUT2D eigenvalue weighted by Gasteiger charge is -2.03. The highest BCUT2D eigenvalue weighted by atomic mass is 35.5. The second-order valence-electron chi connectivity index (χ2n) is 2.66. The number of hydrogen-bond acceptors (Lipinski definition) is 3. The Bertz CT molecular complexity index is 283. The Labute approximate surface area is 70.0 Å². The fraction of sp³-hybridized carbons (Fsp3) is 0.429. The predicted molar refractivity (Wildman–Crippen MR) is 44.0 cm³/mol. The summed E-state index contributed by atoms with van der Waals surface area (Å²) in [5.74, 6) is 0.967. The molecule has 0 saturated carbocycles. The van der Waals surface area contributed by atoms with E-state index < -0.39 is 0 Å². The van der Waals surface area contributed by atoms with Gasteiger partial charge >= 0.3 is 0 Å². The van der Waals surface area contributed by atoms with Gasteiger partial charge in [0.1, 0.15) is 0 Å². The maximum absolute atomic E-state index is 5.65. The van der Waals surface area contributed by atoms with Crippen LogP contribution in [0.15, 0.2) is 6.07 Å². The van der Waals surface area contributed by atoms with Crippen LogP contribution in [-0.4, -0.2) is 23.3 Å². The van der Waals surface area contributed by atoms with Crippen LogP contribution in [0.1, 0.15) is 5.56 Å². The molecule has 0 bridgehead atoms. The number of aryl methyl sites for hydroxylation is 1. The van der Waals surface area contributed by atoms with Crippen molar-refractivity contribution in [1.29, 1.82) is 0 Å². The highest BCUT2D eigenvalue weighted by molar-refractivity contribution is 6.29. The summed E-state index contributed by atoms with van der Waals surface area (Å²) in [5.41, 5.74) is 1.10. The molecule has 0 radical (unpaired) electrons. The van der Waals surface area contributed by atoms with Gasteiger partial charge in [0, 0.05) is 13.1 Å². The summed E-state index contributed by atoms with van der Waals surface area (Å²) in [4.78, 5) is 2.15. The molecule has 1 aliphatic heterocycles. The van der Waals surface area contributed by atoms with Crippen molar-refractivity contribution in [2.45, 2.75) is 6.92 Å². The lowest BCUT2D eigenvalue weighted by molar-refractivity contribution is 0.998. The zero-order chi connectivity index (χ0) is 7.84. The van der Waals surface area contributed by atoms with Gasteiger partial charge in [0.2, 0.25) is 0 Å². The van der Waals surface area contributed by atoms with E-state index in [0.717, 1.165) is 24.5 Å². The van der Waals surface area contributed by atoms with Crippen molar-refractivity contribution in [3.8, 4) is 0 Å². The number of aromatic nitrogens is 2. The van der Waals surface area contributed by atoms with E-state index in [1.807, 2.05) is 13.0 Å². The summed E-state index contributed by atoms with van der Waals surface area (Å²) in [6, 6.07) is 1.84. The molecule has 3 nitrogen and oxygen atoms in total. The standard InChI is InChI=1S/C7H8ClN3/c1-5-4-6(8)9-10-7(5)11-2-3-11/h4H,2-3H2,1H3. The van der Waals surface area contributed by atoms with Gasteiger partial charge in [0.15, 0.2) is 11.0 Å². The molecule has 58 valence electrons. The summed E-state index contributed by atoms with van der Waals surface area (Å²) >= 11 is 5.65. The highest BCUT2D eigenvalue weighted by Gasteiger charge is 2.21. The van der Waals surface area contributed by atoms with Gasteiger partial charge in [-0.3, -0.25) is 0 Å². The zero-order valence-corrected chi connectivity index (χ0v) is 6.97. The van der Waals surface area contributed by atoms with Crippen LogP contribution < -0.4 is 4.90 Å². The van der Waals surface area contributed by atoms with Crippen molar-refractivity contribution in [3.05, 3.63) is 16.8 Å². The molecule has 0 N–H and O–H groups in total. The Hall–Kier alpha value is -0.830. The summed E-state index contributed by atoms with van der Waals surface area (Å²) in [5, 5.41) is 8.22. The first kappa shape index (κ1) is 6.85. The van der Waals surface area contributed by atoms with Crippen molar-refractivity contribution in [2.24, 2.45) is 0 Å². The van der Waals surface area contributed by atoms with Gasteiger partial charge < -0.3 is 4.90 Å². The van der Waals surface area contributed by atoms with Crippen LogP contribution in [0.2, 0.25) is 5.15 Å². The van der Waals surface area contributed by atoms with Crippen LogP contribution in [0.4, 0.5) is 5.82 Å². The van der Waals surface area contributed by atoms with Crippen molar-refractivity contribution in [3.63, 3.8) is 0 Å². The van der Waals surface area contributed by atoms with E-state index >= 15 is 0 Å². The Morgan fingerprint density at radius 3 is 2.73 bits per heavy atom. The monoisotopic (exact) mass is 169 g/mol. The normalized spacial score (nSPS) is 15.3. The summed E-state index contributed by atoms with van der Waals surface area (Å²) < 4.78 is 0. The lowest BCUT2D eigenvalue weighted by atomic mass is 10.3. The minimum absolute atomic E-state index is 0.466. The van der Waals surface area contributed by atoms with Gasteiger partial charge in [0.05, 0.1) is 0 Å². The summed E-state index contributed by atoms with van der Waals surface area (Å²) in [6.45, 7) is 4.18. The Morgan fingerprint density at radius 2 is 2.18 bits per heavy atom. The molecule has 1 aliphatic rings. The van der Waals surface area contributed by atoms with E-state index in [0.29, 0.717) is 5.15 Å². The molecule has 1 aromatic rings. The molecule has 0 unspecified atom stereocenters. The maximum Gasteiger partial charge on any atom is 0.154 e. The molecule has 4 heteroatoms. The molecule has 0 aromatic carbocycles. The molecule has 2 heterocycles. The zero-order valence-electron chi connectivity index (χ0n) is 6.21. The first-order chi connectivity index (χ1) is 5.27. The first-order valence-corrected chi connectivity index (χ1v) is 3.90. The van der Waals surface area contributed by atoms with Crippen LogP contribution in [0, 0.1) is 6.92 Å². The van der Waals surface area contributed by atoms with Crippen LogP contribution >= 0.6 is 11.6 Å². The topological polar surface area (TPSA) is 28.8 Å². The average molecular weight is 170 g/mol. The number of nitrogens with zero attached hydrogens (tertiary/aromatic N) is 3. The minimum atomic E-state index is 0.466. The maximum atomic E-state index is 5.65. The number of hydrogen-bond donors (Lipinski definition) is 0. The van der Waals surface area contributed by atoms with E-state index in [1.54, 1.807) is 0 Å².